The first-order valence-corrected chi connectivity index (χ1v) is 10.2. The van der Waals surface area contributed by atoms with Crippen LogP contribution in [0.5, 0.6) is 0 Å². The van der Waals surface area contributed by atoms with Crippen LogP contribution in [0.4, 0.5) is 0 Å². The van der Waals surface area contributed by atoms with E-state index < -0.39 is 0 Å². The van der Waals surface area contributed by atoms with Crippen molar-refractivity contribution in [1.82, 2.24) is 14.8 Å². The van der Waals surface area contributed by atoms with E-state index in [1.165, 1.54) is 19.3 Å². The molecule has 5 nitrogen and oxygen atoms in total. The van der Waals surface area contributed by atoms with Crippen molar-refractivity contribution in [3.05, 3.63) is 30.1 Å². The van der Waals surface area contributed by atoms with Crippen LogP contribution in [-0.2, 0) is 16.0 Å². The van der Waals surface area contributed by atoms with E-state index in [2.05, 4.69) is 9.88 Å². The SMILES string of the molecule is O=C(Cc1ccccn1)N1CC[C@@]2(CCCN(C3CCCCC3)C2=O)C1. The molecule has 140 valence electrons. The average Bonchev–Trinajstić information content (AvgIpc) is 3.11. The van der Waals surface area contributed by atoms with Gasteiger partial charge in [-0.05, 0) is 44.2 Å². The van der Waals surface area contributed by atoms with Crippen LogP contribution in [0.25, 0.3) is 0 Å². The van der Waals surface area contributed by atoms with Gasteiger partial charge in [-0.15, -0.1) is 0 Å². The summed E-state index contributed by atoms with van der Waals surface area (Å²) in [5, 5.41) is 0. The van der Waals surface area contributed by atoms with Crippen LogP contribution in [-0.4, -0.2) is 52.3 Å². The molecule has 3 heterocycles. The normalized spacial score (nSPS) is 27.3. The standard InChI is InChI=1S/C21H29N3O2/c25-19(15-17-7-4-5-12-22-17)23-14-11-21(16-23)10-6-13-24(20(21)26)18-8-2-1-3-9-18/h4-5,7,12,18H,1-3,6,8-11,13-16H2/t21-/m0/s1. The van der Waals surface area contributed by atoms with Gasteiger partial charge in [0.1, 0.15) is 0 Å². The molecule has 5 heteroatoms. The van der Waals surface area contributed by atoms with Crippen LogP contribution in [0, 0.1) is 5.41 Å². The summed E-state index contributed by atoms with van der Waals surface area (Å²) in [6.07, 6.45) is 11.0. The zero-order chi connectivity index (χ0) is 18.0. The van der Waals surface area contributed by atoms with Gasteiger partial charge in [0.05, 0.1) is 11.8 Å². The number of likely N-dealkylation sites (tertiary alicyclic amines) is 2. The summed E-state index contributed by atoms with van der Waals surface area (Å²) in [5.41, 5.74) is 0.479. The molecule has 1 spiro atoms. The van der Waals surface area contributed by atoms with E-state index in [1.54, 1.807) is 6.20 Å². The monoisotopic (exact) mass is 355 g/mol. The predicted octanol–water partition coefficient (Wildman–Crippen LogP) is 2.80. The summed E-state index contributed by atoms with van der Waals surface area (Å²) < 4.78 is 0. The van der Waals surface area contributed by atoms with Crippen LogP contribution in [0.2, 0.25) is 0 Å². The van der Waals surface area contributed by atoms with Crippen LogP contribution in [0.15, 0.2) is 24.4 Å². The summed E-state index contributed by atoms with van der Waals surface area (Å²) in [6, 6.07) is 6.10. The molecule has 3 aliphatic rings. The number of amides is 2. The van der Waals surface area contributed by atoms with Gasteiger partial charge in [0.25, 0.3) is 0 Å². The van der Waals surface area contributed by atoms with Crippen molar-refractivity contribution in [2.45, 2.75) is 63.8 Å². The number of rotatable bonds is 3. The number of hydrogen-bond donors (Lipinski definition) is 0. The molecule has 0 unspecified atom stereocenters. The molecule has 0 radical (unpaired) electrons. The number of carbonyl (C=O) groups is 2. The Morgan fingerprint density at radius 3 is 2.73 bits per heavy atom. The molecule has 0 N–H and O–H groups in total. The molecular weight excluding hydrogens is 326 g/mol. The van der Waals surface area contributed by atoms with Gasteiger partial charge in [-0.3, -0.25) is 14.6 Å². The number of aromatic nitrogens is 1. The molecule has 1 saturated carbocycles. The molecule has 1 aromatic heterocycles. The Kier molecular flexibility index (Phi) is 4.96. The van der Waals surface area contributed by atoms with Crippen LogP contribution in [0.1, 0.15) is 57.1 Å². The second kappa shape index (κ2) is 7.37. The maximum Gasteiger partial charge on any atom is 0.230 e. The molecular formula is C21H29N3O2. The largest absolute Gasteiger partial charge is 0.341 e. The third kappa shape index (κ3) is 3.36. The zero-order valence-electron chi connectivity index (χ0n) is 15.5. The van der Waals surface area contributed by atoms with Crippen molar-refractivity contribution < 1.29 is 9.59 Å². The maximum atomic E-state index is 13.4. The van der Waals surface area contributed by atoms with Crippen molar-refractivity contribution in [2.75, 3.05) is 19.6 Å². The van der Waals surface area contributed by atoms with Crippen LogP contribution >= 0.6 is 0 Å². The van der Waals surface area contributed by atoms with Gasteiger partial charge in [-0.1, -0.05) is 25.3 Å². The Morgan fingerprint density at radius 2 is 1.96 bits per heavy atom. The van der Waals surface area contributed by atoms with Gasteiger partial charge in [-0.25, -0.2) is 0 Å². The lowest BCUT2D eigenvalue weighted by Crippen LogP contribution is -2.54. The smallest absolute Gasteiger partial charge is 0.230 e. The average molecular weight is 355 g/mol. The number of nitrogens with zero attached hydrogens (tertiary/aromatic N) is 3. The summed E-state index contributed by atoms with van der Waals surface area (Å²) in [5.74, 6) is 0.423. The lowest BCUT2D eigenvalue weighted by Gasteiger charge is -2.44. The van der Waals surface area contributed by atoms with E-state index in [9.17, 15) is 9.59 Å². The van der Waals surface area contributed by atoms with Crippen molar-refractivity contribution >= 4 is 11.8 Å². The highest BCUT2D eigenvalue weighted by atomic mass is 16.2. The highest BCUT2D eigenvalue weighted by Crippen LogP contribution is 2.42. The van der Waals surface area contributed by atoms with E-state index in [1.807, 2.05) is 23.1 Å². The summed E-state index contributed by atoms with van der Waals surface area (Å²) in [4.78, 5) is 34.4. The van der Waals surface area contributed by atoms with E-state index in [-0.39, 0.29) is 11.3 Å². The quantitative estimate of drug-likeness (QED) is 0.838. The Bertz CT molecular complexity index is 656. The first kappa shape index (κ1) is 17.5. The van der Waals surface area contributed by atoms with E-state index >= 15 is 0 Å². The fraction of sp³-hybridized carbons (Fsp3) is 0.667. The molecule has 1 aromatic rings. The molecule has 2 saturated heterocycles. The second-order valence-corrected chi connectivity index (χ2v) is 8.24. The molecule has 26 heavy (non-hydrogen) atoms. The van der Waals surface area contributed by atoms with Crippen molar-refractivity contribution in [3.8, 4) is 0 Å². The minimum Gasteiger partial charge on any atom is -0.341 e. The Labute approximate surface area is 155 Å². The lowest BCUT2D eigenvalue weighted by molar-refractivity contribution is -0.149. The van der Waals surface area contributed by atoms with Gasteiger partial charge in [0, 0.05) is 37.6 Å². The minimum absolute atomic E-state index is 0.100. The minimum atomic E-state index is -0.324. The third-order valence-corrected chi connectivity index (χ3v) is 6.55. The summed E-state index contributed by atoms with van der Waals surface area (Å²) in [7, 11) is 0. The number of piperidine rings is 1. The van der Waals surface area contributed by atoms with Crippen molar-refractivity contribution in [3.63, 3.8) is 0 Å². The van der Waals surface area contributed by atoms with Gasteiger partial charge < -0.3 is 9.80 Å². The van der Waals surface area contributed by atoms with Crippen LogP contribution < -0.4 is 0 Å². The number of hydrogen-bond acceptors (Lipinski definition) is 3. The molecule has 2 amide bonds. The highest BCUT2D eigenvalue weighted by molar-refractivity contribution is 5.86. The van der Waals surface area contributed by atoms with Gasteiger partial charge in [-0.2, -0.15) is 0 Å². The fourth-order valence-electron chi connectivity index (χ4n) is 5.08. The van der Waals surface area contributed by atoms with Gasteiger partial charge >= 0.3 is 0 Å². The lowest BCUT2D eigenvalue weighted by atomic mass is 9.77. The topological polar surface area (TPSA) is 53.5 Å². The van der Waals surface area contributed by atoms with Crippen molar-refractivity contribution in [1.29, 1.82) is 0 Å². The predicted molar refractivity (Wildman–Crippen MR) is 99.4 cm³/mol. The molecule has 1 atom stereocenters. The highest BCUT2D eigenvalue weighted by Gasteiger charge is 2.50. The number of pyridine rings is 1. The second-order valence-electron chi connectivity index (χ2n) is 8.24. The van der Waals surface area contributed by atoms with E-state index in [4.69, 9.17) is 0 Å². The Morgan fingerprint density at radius 1 is 1.12 bits per heavy atom. The van der Waals surface area contributed by atoms with Gasteiger partial charge in [0.2, 0.25) is 11.8 Å². The summed E-state index contributed by atoms with van der Waals surface area (Å²) in [6.45, 7) is 2.21. The molecule has 1 aliphatic carbocycles. The number of carbonyl (C=O) groups excluding carboxylic acids is 2. The van der Waals surface area contributed by atoms with Gasteiger partial charge in [0.15, 0.2) is 0 Å². The Balaban J connectivity index is 1.42. The molecule has 0 bridgehead atoms. The molecule has 3 fully saturated rings. The third-order valence-electron chi connectivity index (χ3n) is 6.55. The molecule has 2 aliphatic heterocycles. The van der Waals surface area contributed by atoms with E-state index in [0.29, 0.717) is 31.5 Å². The first-order chi connectivity index (χ1) is 12.7. The summed E-state index contributed by atoms with van der Waals surface area (Å²) >= 11 is 0. The Hall–Kier alpha value is -1.91. The zero-order valence-corrected chi connectivity index (χ0v) is 15.5. The molecule has 4 rings (SSSR count). The molecule has 0 aromatic carbocycles. The van der Waals surface area contributed by atoms with Crippen LogP contribution in [0.3, 0.4) is 0 Å². The fourth-order valence-corrected chi connectivity index (χ4v) is 5.08. The van der Waals surface area contributed by atoms with E-state index in [0.717, 1.165) is 44.3 Å². The first-order valence-electron chi connectivity index (χ1n) is 10.2. The maximum absolute atomic E-state index is 13.4. The van der Waals surface area contributed by atoms with Crippen molar-refractivity contribution in [2.24, 2.45) is 5.41 Å².